The Balaban J connectivity index is 1.93. The molecule has 0 spiro atoms. The molecule has 110 valence electrons. The second kappa shape index (κ2) is 5.90. The molecule has 0 radical (unpaired) electrons. The molecule has 1 N–H and O–H groups in total. The minimum atomic E-state index is 0.202. The topological polar surface area (TPSA) is 21.3 Å². The number of hydrogen-bond donors (Lipinski definition) is 1. The molecule has 0 bridgehead atoms. The second-order valence-electron chi connectivity index (χ2n) is 5.97. The van der Waals surface area contributed by atoms with Gasteiger partial charge in [0.2, 0.25) is 0 Å². The summed E-state index contributed by atoms with van der Waals surface area (Å²) >= 11 is 0. The zero-order valence-corrected chi connectivity index (χ0v) is 13.0. The Morgan fingerprint density at radius 2 is 1.90 bits per heavy atom. The summed E-state index contributed by atoms with van der Waals surface area (Å²) in [7, 11) is 2.01. The lowest BCUT2D eigenvalue weighted by molar-refractivity contribution is 0.302. The van der Waals surface area contributed by atoms with Gasteiger partial charge in [0, 0.05) is 0 Å². The van der Waals surface area contributed by atoms with E-state index in [0.717, 1.165) is 5.75 Å². The highest BCUT2D eigenvalue weighted by atomic mass is 16.5. The highest BCUT2D eigenvalue weighted by Crippen LogP contribution is 2.31. The Morgan fingerprint density at radius 1 is 1.10 bits per heavy atom. The molecule has 0 saturated heterocycles. The van der Waals surface area contributed by atoms with Crippen molar-refractivity contribution in [2.24, 2.45) is 0 Å². The van der Waals surface area contributed by atoms with Crippen LogP contribution in [0, 0.1) is 13.8 Å². The fraction of sp³-hybridized carbons (Fsp3) is 0.368. The third kappa shape index (κ3) is 3.27. The van der Waals surface area contributed by atoms with Gasteiger partial charge in [0.05, 0.1) is 12.1 Å². The van der Waals surface area contributed by atoms with E-state index in [2.05, 4.69) is 61.6 Å². The van der Waals surface area contributed by atoms with Crippen LogP contribution in [0.4, 0.5) is 0 Å². The molecule has 1 fully saturated rings. The van der Waals surface area contributed by atoms with Crippen molar-refractivity contribution in [1.29, 1.82) is 0 Å². The molecule has 0 amide bonds. The smallest absolute Gasteiger partial charge is 0.120 e. The third-order valence-corrected chi connectivity index (χ3v) is 4.05. The number of aryl methyl sites for hydroxylation is 2. The monoisotopic (exact) mass is 281 g/mol. The van der Waals surface area contributed by atoms with Gasteiger partial charge in [0.1, 0.15) is 5.75 Å². The van der Waals surface area contributed by atoms with Gasteiger partial charge in [-0.2, -0.15) is 0 Å². The first kappa shape index (κ1) is 14.2. The van der Waals surface area contributed by atoms with Gasteiger partial charge >= 0.3 is 0 Å². The van der Waals surface area contributed by atoms with Gasteiger partial charge in [-0.1, -0.05) is 35.9 Å². The zero-order valence-electron chi connectivity index (χ0n) is 13.0. The largest absolute Gasteiger partial charge is 0.490 e. The Hall–Kier alpha value is -1.80. The van der Waals surface area contributed by atoms with Crippen LogP contribution in [-0.4, -0.2) is 13.2 Å². The highest BCUT2D eigenvalue weighted by Gasteiger charge is 2.24. The lowest BCUT2D eigenvalue weighted by Crippen LogP contribution is -2.19. The molecule has 0 aliphatic heterocycles. The van der Waals surface area contributed by atoms with Gasteiger partial charge in [0.15, 0.2) is 0 Å². The summed E-state index contributed by atoms with van der Waals surface area (Å²) in [5, 5.41) is 3.44. The van der Waals surface area contributed by atoms with Crippen LogP contribution in [0.15, 0.2) is 42.5 Å². The number of rotatable bonds is 5. The van der Waals surface area contributed by atoms with Crippen LogP contribution < -0.4 is 10.1 Å². The maximum absolute atomic E-state index is 5.92. The van der Waals surface area contributed by atoms with Gasteiger partial charge < -0.3 is 10.1 Å². The lowest BCUT2D eigenvalue weighted by Gasteiger charge is -2.21. The van der Waals surface area contributed by atoms with Gasteiger partial charge in [0.25, 0.3) is 0 Å². The van der Waals surface area contributed by atoms with Crippen molar-refractivity contribution in [3.8, 4) is 5.75 Å². The van der Waals surface area contributed by atoms with Crippen molar-refractivity contribution in [2.75, 3.05) is 7.05 Å². The summed E-state index contributed by atoms with van der Waals surface area (Å²) in [5.41, 5.74) is 5.19. The average molecular weight is 281 g/mol. The van der Waals surface area contributed by atoms with E-state index in [1.54, 1.807) is 0 Å². The first-order valence-electron chi connectivity index (χ1n) is 7.68. The number of ether oxygens (including phenoxy) is 1. The maximum atomic E-state index is 5.92. The molecular formula is C19H23NO. The van der Waals surface area contributed by atoms with Gasteiger partial charge in [-0.25, -0.2) is 0 Å². The SMILES string of the molecule is CNC(c1cccc(OC2CC2)c1)c1cc(C)ccc1C. The highest BCUT2D eigenvalue weighted by molar-refractivity contribution is 5.41. The summed E-state index contributed by atoms with van der Waals surface area (Å²) in [6, 6.07) is 15.3. The molecule has 2 aromatic carbocycles. The second-order valence-corrected chi connectivity index (χ2v) is 5.97. The average Bonchev–Trinajstić information content (AvgIpc) is 3.28. The first-order valence-corrected chi connectivity index (χ1v) is 7.68. The normalized spacial score (nSPS) is 15.8. The van der Waals surface area contributed by atoms with Gasteiger partial charge in [-0.05, 0) is 62.6 Å². The van der Waals surface area contributed by atoms with Crippen LogP contribution in [0.3, 0.4) is 0 Å². The predicted octanol–water partition coefficient (Wildman–Crippen LogP) is 4.15. The predicted molar refractivity (Wildman–Crippen MR) is 86.9 cm³/mol. The summed E-state index contributed by atoms with van der Waals surface area (Å²) in [6.07, 6.45) is 2.82. The first-order chi connectivity index (χ1) is 10.2. The standard InChI is InChI=1S/C19H23NO/c1-13-7-8-14(2)18(11-13)19(20-3)15-5-4-6-17(12-15)21-16-9-10-16/h4-8,11-12,16,19-20H,9-10H2,1-3H3. The van der Waals surface area contributed by atoms with Crippen molar-refractivity contribution in [3.63, 3.8) is 0 Å². The molecule has 3 rings (SSSR count). The van der Waals surface area contributed by atoms with E-state index in [9.17, 15) is 0 Å². The van der Waals surface area contributed by atoms with E-state index in [-0.39, 0.29) is 6.04 Å². The summed E-state index contributed by atoms with van der Waals surface area (Å²) < 4.78 is 5.92. The molecule has 0 heterocycles. The molecule has 1 saturated carbocycles. The molecule has 2 aromatic rings. The Bertz CT molecular complexity index is 631. The third-order valence-electron chi connectivity index (χ3n) is 4.05. The van der Waals surface area contributed by atoms with Crippen molar-refractivity contribution in [2.45, 2.75) is 38.8 Å². The van der Waals surface area contributed by atoms with E-state index in [0.29, 0.717) is 6.10 Å². The van der Waals surface area contributed by atoms with Crippen LogP contribution in [0.1, 0.15) is 41.1 Å². The van der Waals surface area contributed by atoms with Crippen LogP contribution in [-0.2, 0) is 0 Å². The number of benzene rings is 2. The van der Waals surface area contributed by atoms with E-state index >= 15 is 0 Å². The minimum absolute atomic E-state index is 0.202. The zero-order chi connectivity index (χ0) is 14.8. The molecule has 2 heteroatoms. The summed E-state index contributed by atoms with van der Waals surface area (Å²) in [4.78, 5) is 0. The van der Waals surface area contributed by atoms with E-state index in [1.165, 1.54) is 35.1 Å². The van der Waals surface area contributed by atoms with Crippen molar-refractivity contribution >= 4 is 0 Å². The van der Waals surface area contributed by atoms with E-state index in [1.807, 2.05) is 7.05 Å². The fourth-order valence-electron chi connectivity index (χ4n) is 2.72. The number of hydrogen-bond acceptors (Lipinski definition) is 2. The Kier molecular flexibility index (Phi) is 3.98. The molecule has 1 atom stereocenters. The molecule has 1 aliphatic carbocycles. The molecule has 21 heavy (non-hydrogen) atoms. The number of nitrogens with one attached hydrogen (secondary N) is 1. The lowest BCUT2D eigenvalue weighted by atomic mass is 9.93. The van der Waals surface area contributed by atoms with Crippen LogP contribution >= 0.6 is 0 Å². The quantitative estimate of drug-likeness (QED) is 0.889. The van der Waals surface area contributed by atoms with Crippen molar-refractivity contribution in [1.82, 2.24) is 5.32 Å². The van der Waals surface area contributed by atoms with Gasteiger partial charge in [-0.3, -0.25) is 0 Å². The molecule has 2 nitrogen and oxygen atoms in total. The Labute approximate surface area is 127 Å². The molecule has 0 aromatic heterocycles. The van der Waals surface area contributed by atoms with Crippen LogP contribution in [0.5, 0.6) is 5.75 Å². The summed E-state index contributed by atoms with van der Waals surface area (Å²) in [6.45, 7) is 4.31. The molecule has 1 aliphatic rings. The van der Waals surface area contributed by atoms with E-state index in [4.69, 9.17) is 4.74 Å². The minimum Gasteiger partial charge on any atom is -0.490 e. The van der Waals surface area contributed by atoms with Crippen LogP contribution in [0.2, 0.25) is 0 Å². The molecular weight excluding hydrogens is 258 g/mol. The summed E-state index contributed by atoms with van der Waals surface area (Å²) in [5.74, 6) is 0.987. The Morgan fingerprint density at radius 3 is 2.62 bits per heavy atom. The van der Waals surface area contributed by atoms with Crippen LogP contribution in [0.25, 0.3) is 0 Å². The maximum Gasteiger partial charge on any atom is 0.120 e. The molecule has 1 unspecified atom stereocenters. The van der Waals surface area contributed by atoms with Crippen molar-refractivity contribution < 1.29 is 4.74 Å². The van der Waals surface area contributed by atoms with E-state index < -0.39 is 0 Å². The fourth-order valence-corrected chi connectivity index (χ4v) is 2.72. The van der Waals surface area contributed by atoms with Crippen molar-refractivity contribution in [3.05, 3.63) is 64.7 Å². The van der Waals surface area contributed by atoms with Gasteiger partial charge in [-0.15, -0.1) is 0 Å².